The first-order valence-corrected chi connectivity index (χ1v) is 19.5. The van der Waals surface area contributed by atoms with Crippen molar-refractivity contribution in [3.63, 3.8) is 0 Å². The molecule has 12 rings (SSSR count). The van der Waals surface area contributed by atoms with E-state index in [0.29, 0.717) is 0 Å². The Hall–Kier alpha value is -7.96. The lowest BCUT2D eigenvalue weighted by atomic mass is 9.94. The van der Waals surface area contributed by atoms with Crippen molar-refractivity contribution in [1.29, 1.82) is 0 Å². The van der Waals surface area contributed by atoms with Gasteiger partial charge in [-0.25, -0.2) is 15.0 Å². The number of rotatable bonds is 5. The second kappa shape index (κ2) is 12.8. The lowest BCUT2D eigenvalue weighted by molar-refractivity contribution is 0.998. The smallest absolute Gasteiger partial charge is 0.165 e. The fourth-order valence-electron chi connectivity index (χ4n) is 8.84. The van der Waals surface area contributed by atoms with Crippen LogP contribution in [-0.4, -0.2) is 28.7 Å². The number of hydrogen-bond acceptors (Lipinski definition) is 4. The number of para-hydroxylation sites is 2. The first kappa shape index (κ1) is 32.3. The maximum Gasteiger partial charge on any atom is 0.165 e. The molecule has 0 atom stereocenters. The van der Waals surface area contributed by atoms with Gasteiger partial charge in [-0.15, -0.1) is 0 Å². The Balaban J connectivity index is 1.32. The van der Waals surface area contributed by atoms with Gasteiger partial charge in [0, 0.05) is 45.1 Å². The van der Waals surface area contributed by atoms with Gasteiger partial charge in [-0.3, -0.25) is 13.8 Å². The average Bonchev–Trinajstić information content (AvgIpc) is 3.77. The Kier molecular flexibility index (Phi) is 7.13. The van der Waals surface area contributed by atoms with E-state index in [2.05, 4.69) is 167 Å². The van der Waals surface area contributed by atoms with Crippen molar-refractivity contribution in [2.75, 3.05) is 0 Å². The molecule has 6 nitrogen and oxygen atoms in total. The molecule has 5 heterocycles. The summed E-state index contributed by atoms with van der Waals surface area (Å²) < 4.78 is 4.66. The van der Waals surface area contributed by atoms with Crippen LogP contribution < -0.4 is 5.48 Å². The summed E-state index contributed by atoms with van der Waals surface area (Å²) >= 11 is 0. The third-order valence-corrected chi connectivity index (χ3v) is 11.5. The molecule has 0 spiro atoms. The van der Waals surface area contributed by atoms with Gasteiger partial charge < -0.3 is 0 Å². The molecule has 0 bridgehead atoms. The Morgan fingerprint density at radius 2 is 0.810 bits per heavy atom. The van der Waals surface area contributed by atoms with Crippen LogP contribution in [0.3, 0.4) is 0 Å². The quantitative estimate of drug-likeness (QED) is 0.176. The van der Waals surface area contributed by atoms with E-state index in [4.69, 9.17) is 19.9 Å². The SMILES string of the molecule is c1ccc(-c2ccc(C(c3ccc(-c4ccccc4)cc3)=c3n4c5nccnc5c5cccc(c6cccc7c8nc(-c9ccccc9)cnc8n3c67)c54)cc2)cc1. The van der Waals surface area contributed by atoms with Gasteiger partial charge in [-0.2, -0.15) is 0 Å². The van der Waals surface area contributed by atoms with E-state index in [1.165, 1.54) is 11.1 Å². The van der Waals surface area contributed by atoms with Crippen LogP contribution in [0.15, 0.2) is 195 Å². The summed E-state index contributed by atoms with van der Waals surface area (Å²) in [6, 6.07) is 62.3. The molecular formula is C52H32N6. The van der Waals surface area contributed by atoms with Gasteiger partial charge in [-0.1, -0.05) is 176 Å². The van der Waals surface area contributed by atoms with Crippen LogP contribution in [-0.2, 0) is 0 Å². The maximum absolute atomic E-state index is 5.38. The lowest BCUT2D eigenvalue weighted by Gasteiger charge is -2.13. The van der Waals surface area contributed by atoms with Gasteiger partial charge in [0.1, 0.15) is 16.5 Å². The van der Waals surface area contributed by atoms with Crippen LogP contribution in [0.25, 0.3) is 94.0 Å². The highest BCUT2D eigenvalue weighted by Crippen LogP contribution is 2.38. The molecule has 0 aliphatic heterocycles. The molecule has 0 amide bonds. The van der Waals surface area contributed by atoms with Gasteiger partial charge in [0.25, 0.3) is 0 Å². The Morgan fingerprint density at radius 3 is 1.36 bits per heavy atom. The molecule has 0 N–H and O–H groups in total. The van der Waals surface area contributed by atoms with Crippen molar-refractivity contribution in [2.24, 2.45) is 0 Å². The van der Waals surface area contributed by atoms with Gasteiger partial charge in [0.05, 0.1) is 22.9 Å². The molecule has 0 fully saturated rings. The third-order valence-electron chi connectivity index (χ3n) is 11.5. The van der Waals surface area contributed by atoms with Crippen molar-refractivity contribution in [3.8, 4) is 33.5 Å². The van der Waals surface area contributed by atoms with Crippen LogP contribution in [0.1, 0.15) is 11.1 Å². The van der Waals surface area contributed by atoms with E-state index >= 15 is 0 Å². The fourth-order valence-corrected chi connectivity index (χ4v) is 8.84. The minimum Gasteiger partial charge on any atom is -0.276 e. The molecule has 0 aliphatic carbocycles. The third kappa shape index (κ3) is 4.85. The largest absolute Gasteiger partial charge is 0.276 e. The van der Waals surface area contributed by atoms with E-state index < -0.39 is 0 Å². The summed E-state index contributed by atoms with van der Waals surface area (Å²) in [5.74, 6) is 0. The number of nitrogens with zero attached hydrogens (tertiary/aromatic N) is 6. The Bertz CT molecular complexity index is 3490. The fraction of sp³-hybridized carbons (Fsp3) is 0. The molecule has 6 heteroatoms. The van der Waals surface area contributed by atoms with E-state index in [0.717, 1.165) is 99.5 Å². The minimum absolute atomic E-state index is 0.767. The Labute approximate surface area is 332 Å². The monoisotopic (exact) mass is 740 g/mol. The second-order valence-corrected chi connectivity index (χ2v) is 14.7. The molecule has 0 saturated carbocycles. The van der Waals surface area contributed by atoms with Gasteiger partial charge in [0.15, 0.2) is 11.3 Å². The van der Waals surface area contributed by atoms with Crippen LogP contribution in [0.4, 0.5) is 0 Å². The molecule has 12 aromatic rings. The standard InChI is InChI=1S/C52H32N6/c1-4-12-33(13-5-1)35-22-26-38(27-23-35)45(39-28-24-36(25-29-39)34-14-6-2-7-15-34)52-57-48-40(18-10-20-42(48)46-50(57)54-31-30-53-46)41-19-11-21-43-47-51(58(52)49(41)43)55-32-44(56-47)37-16-8-3-9-17-37/h1-32H. The van der Waals surface area contributed by atoms with Crippen LogP contribution in [0, 0.1) is 0 Å². The summed E-state index contributed by atoms with van der Waals surface area (Å²) in [6.45, 7) is 0. The van der Waals surface area contributed by atoms with Gasteiger partial charge in [-0.05, 0) is 33.4 Å². The summed E-state index contributed by atoms with van der Waals surface area (Å²) in [5.41, 5.74) is 15.9. The Morgan fingerprint density at radius 1 is 0.362 bits per heavy atom. The van der Waals surface area contributed by atoms with E-state index in [1.54, 1.807) is 12.4 Å². The molecule has 0 unspecified atom stereocenters. The summed E-state index contributed by atoms with van der Waals surface area (Å²) in [7, 11) is 0. The van der Waals surface area contributed by atoms with E-state index in [-0.39, 0.29) is 0 Å². The van der Waals surface area contributed by atoms with Crippen molar-refractivity contribution >= 4 is 60.5 Å². The zero-order chi connectivity index (χ0) is 38.2. The molecule has 0 saturated heterocycles. The summed E-state index contributed by atoms with van der Waals surface area (Å²) in [4.78, 5) is 20.8. The highest BCUT2D eigenvalue weighted by Gasteiger charge is 2.24. The second-order valence-electron chi connectivity index (χ2n) is 14.7. The minimum atomic E-state index is 0.767. The van der Waals surface area contributed by atoms with Gasteiger partial charge >= 0.3 is 0 Å². The van der Waals surface area contributed by atoms with Crippen LogP contribution in [0.5, 0.6) is 0 Å². The number of benzene rings is 7. The molecule has 0 aliphatic rings. The molecule has 5 aromatic heterocycles. The van der Waals surface area contributed by atoms with E-state index in [1.807, 2.05) is 24.4 Å². The van der Waals surface area contributed by atoms with Gasteiger partial charge in [0.2, 0.25) is 0 Å². The van der Waals surface area contributed by atoms with Crippen LogP contribution >= 0.6 is 0 Å². The first-order valence-electron chi connectivity index (χ1n) is 19.5. The van der Waals surface area contributed by atoms with Crippen molar-refractivity contribution in [2.45, 2.75) is 0 Å². The predicted octanol–water partition coefficient (Wildman–Crippen LogP) is 11.4. The highest BCUT2D eigenvalue weighted by molar-refractivity contribution is 6.22. The molecule has 270 valence electrons. The zero-order valence-corrected chi connectivity index (χ0v) is 31.2. The van der Waals surface area contributed by atoms with Crippen molar-refractivity contribution in [1.82, 2.24) is 28.7 Å². The molecular weight excluding hydrogens is 709 g/mol. The first-order chi connectivity index (χ1) is 28.8. The number of hydrogen-bond donors (Lipinski definition) is 0. The topological polar surface area (TPSA) is 60.4 Å². The maximum atomic E-state index is 5.38. The molecule has 58 heavy (non-hydrogen) atoms. The number of aromatic nitrogens is 6. The normalized spacial score (nSPS) is 11.8. The summed E-state index contributed by atoms with van der Waals surface area (Å²) in [6.07, 6.45) is 5.48. The lowest BCUT2D eigenvalue weighted by Crippen LogP contribution is -2.25. The average molecular weight is 741 g/mol. The number of fused-ring (bicyclic) bond motifs is 7. The highest BCUT2D eigenvalue weighted by atomic mass is 15.1. The van der Waals surface area contributed by atoms with Crippen molar-refractivity contribution < 1.29 is 0 Å². The molecule has 0 radical (unpaired) electrons. The summed E-state index contributed by atoms with van der Waals surface area (Å²) in [5, 5.41) is 4.28. The van der Waals surface area contributed by atoms with Crippen molar-refractivity contribution in [3.05, 3.63) is 211 Å². The zero-order valence-electron chi connectivity index (χ0n) is 31.2. The molecule has 7 aromatic carbocycles. The predicted molar refractivity (Wildman–Crippen MR) is 236 cm³/mol. The van der Waals surface area contributed by atoms with Crippen LogP contribution in [0.2, 0.25) is 0 Å². The van der Waals surface area contributed by atoms with E-state index in [9.17, 15) is 0 Å².